The molecule has 1 unspecified atom stereocenters. The number of likely N-dealkylation sites (tertiary alicyclic amines) is 1. The molecule has 3 rings (SSSR count). The Morgan fingerprint density at radius 2 is 2.22 bits per heavy atom. The van der Waals surface area contributed by atoms with Gasteiger partial charge in [0.05, 0.1) is 28.9 Å². The van der Waals surface area contributed by atoms with Crippen LogP contribution in [0.1, 0.15) is 36.5 Å². The van der Waals surface area contributed by atoms with Gasteiger partial charge in [0.15, 0.2) is 0 Å². The van der Waals surface area contributed by atoms with Gasteiger partial charge in [0.25, 0.3) is 5.91 Å². The zero-order valence-electron chi connectivity index (χ0n) is 13.1. The van der Waals surface area contributed by atoms with Crippen molar-refractivity contribution < 1.29 is 14.3 Å². The van der Waals surface area contributed by atoms with Gasteiger partial charge in [0, 0.05) is 32.3 Å². The zero-order valence-corrected chi connectivity index (χ0v) is 14.6. The highest BCUT2D eigenvalue weighted by atomic mass is 35.5. The molecule has 23 heavy (non-hydrogen) atoms. The number of nitrogens with zero attached hydrogens (tertiary/aromatic N) is 2. The van der Waals surface area contributed by atoms with Crippen molar-refractivity contribution in [1.82, 2.24) is 9.88 Å². The molecule has 0 saturated carbocycles. The van der Waals surface area contributed by atoms with E-state index >= 15 is 0 Å². The van der Waals surface area contributed by atoms with Gasteiger partial charge in [0.2, 0.25) is 0 Å². The first-order chi connectivity index (χ1) is 11.0. The average Bonchev–Trinajstić information content (AvgIpc) is 2.90. The Kier molecular flexibility index (Phi) is 5.11. The fourth-order valence-electron chi connectivity index (χ4n) is 3.35. The molecule has 3 heterocycles. The predicted octanol–water partition coefficient (Wildman–Crippen LogP) is 3.19. The van der Waals surface area contributed by atoms with Gasteiger partial charge in [-0.2, -0.15) is 0 Å². The van der Waals surface area contributed by atoms with Gasteiger partial charge in [0.1, 0.15) is 5.15 Å². The van der Waals surface area contributed by atoms with E-state index in [2.05, 4.69) is 4.98 Å². The summed E-state index contributed by atoms with van der Waals surface area (Å²) in [6.07, 6.45) is 4.17. The molecule has 1 aromatic heterocycles. The molecule has 1 spiro atoms. The molecule has 0 bridgehead atoms. The minimum absolute atomic E-state index is 0.103. The summed E-state index contributed by atoms with van der Waals surface area (Å²) < 4.78 is 11.7. The zero-order chi connectivity index (χ0) is 16.4. The van der Waals surface area contributed by atoms with Crippen molar-refractivity contribution in [2.75, 3.05) is 26.3 Å². The summed E-state index contributed by atoms with van der Waals surface area (Å²) in [6.45, 7) is 4.65. The fourth-order valence-corrected chi connectivity index (χ4v) is 3.79. The molecule has 0 aliphatic carbocycles. The van der Waals surface area contributed by atoms with Gasteiger partial charge < -0.3 is 14.4 Å². The van der Waals surface area contributed by atoms with E-state index in [1.165, 1.54) is 12.3 Å². The monoisotopic (exact) mass is 358 g/mol. The highest BCUT2D eigenvalue weighted by molar-refractivity contribution is 6.36. The number of aromatic nitrogens is 1. The Balaban J connectivity index is 1.62. The van der Waals surface area contributed by atoms with Gasteiger partial charge in [-0.15, -0.1) is 0 Å². The van der Waals surface area contributed by atoms with E-state index in [1.54, 1.807) is 4.90 Å². The molecule has 2 fully saturated rings. The second-order valence-electron chi connectivity index (χ2n) is 6.05. The van der Waals surface area contributed by atoms with Gasteiger partial charge in [-0.25, -0.2) is 4.98 Å². The van der Waals surface area contributed by atoms with Crippen LogP contribution in [0.15, 0.2) is 12.3 Å². The van der Waals surface area contributed by atoms with Gasteiger partial charge >= 0.3 is 0 Å². The Morgan fingerprint density at radius 1 is 1.48 bits per heavy atom. The molecule has 0 radical (unpaired) electrons. The summed E-state index contributed by atoms with van der Waals surface area (Å²) in [5.74, 6) is -0.103. The van der Waals surface area contributed by atoms with E-state index in [0.717, 1.165) is 19.3 Å². The maximum Gasteiger partial charge on any atom is 0.256 e. The highest BCUT2D eigenvalue weighted by Crippen LogP contribution is 2.37. The molecule has 1 amide bonds. The number of ether oxygens (including phenoxy) is 2. The number of rotatable bonds is 3. The van der Waals surface area contributed by atoms with Crippen LogP contribution in [-0.4, -0.2) is 53.8 Å². The third kappa shape index (κ3) is 3.63. The molecule has 0 aromatic carbocycles. The van der Waals surface area contributed by atoms with E-state index in [9.17, 15) is 4.79 Å². The lowest BCUT2D eigenvalue weighted by Crippen LogP contribution is -2.46. The van der Waals surface area contributed by atoms with Crippen molar-refractivity contribution in [3.8, 4) is 0 Å². The summed E-state index contributed by atoms with van der Waals surface area (Å²) in [4.78, 5) is 18.3. The first-order valence-electron chi connectivity index (χ1n) is 7.89. The van der Waals surface area contributed by atoms with Crippen LogP contribution in [-0.2, 0) is 9.47 Å². The molecule has 2 saturated heterocycles. The topological polar surface area (TPSA) is 51.7 Å². The summed E-state index contributed by atoms with van der Waals surface area (Å²) >= 11 is 11.9. The van der Waals surface area contributed by atoms with Crippen molar-refractivity contribution in [2.24, 2.45) is 0 Å². The normalized spacial score (nSPS) is 23.4. The first-order valence-corrected chi connectivity index (χ1v) is 8.64. The smallest absolute Gasteiger partial charge is 0.256 e. The van der Waals surface area contributed by atoms with Crippen molar-refractivity contribution >= 4 is 29.1 Å². The van der Waals surface area contributed by atoms with E-state index in [1.807, 2.05) is 6.92 Å². The Morgan fingerprint density at radius 3 is 2.87 bits per heavy atom. The minimum Gasteiger partial charge on any atom is -0.376 e. The quantitative estimate of drug-likeness (QED) is 0.778. The molecular weight excluding hydrogens is 339 g/mol. The fraction of sp³-hybridized carbons (Fsp3) is 0.625. The number of hydrogen-bond acceptors (Lipinski definition) is 4. The number of amides is 1. The molecule has 1 aromatic rings. The van der Waals surface area contributed by atoms with Gasteiger partial charge in [-0.1, -0.05) is 23.2 Å². The number of carbonyl (C=O) groups excluding carboxylic acids is 1. The second kappa shape index (κ2) is 6.93. The van der Waals surface area contributed by atoms with Gasteiger partial charge in [-0.05, 0) is 25.8 Å². The van der Waals surface area contributed by atoms with Crippen LogP contribution in [0, 0.1) is 0 Å². The van der Waals surface area contributed by atoms with Crippen molar-refractivity contribution in [1.29, 1.82) is 0 Å². The number of pyridine rings is 1. The third-order valence-corrected chi connectivity index (χ3v) is 5.11. The highest BCUT2D eigenvalue weighted by Gasteiger charge is 2.43. The Hall–Kier alpha value is -0.880. The lowest BCUT2D eigenvalue weighted by molar-refractivity contribution is -0.0407. The molecule has 7 heteroatoms. The molecule has 2 aliphatic rings. The largest absolute Gasteiger partial charge is 0.376 e. The molecule has 0 N–H and O–H groups in total. The summed E-state index contributed by atoms with van der Waals surface area (Å²) in [5, 5.41) is 0.620. The van der Waals surface area contributed by atoms with Crippen molar-refractivity contribution in [3.63, 3.8) is 0 Å². The maximum atomic E-state index is 12.6. The third-order valence-electron chi connectivity index (χ3n) is 4.59. The maximum absolute atomic E-state index is 12.6. The Labute approximate surface area is 145 Å². The molecule has 126 valence electrons. The van der Waals surface area contributed by atoms with Gasteiger partial charge in [-0.3, -0.25) is 4.79 Å². The van der Waals surface area contributed by atoms with E-state index in [0.29, 0.717) is 36.9 Å². The average molecular weight is 359 g/mol. The van der Waals surface area contributed by atoms with Crippen LogP contribution < -0.4 is 0 Å². The van der Waals surface area contributed by atoms with Crippen LogP contribution in [0.25, 0.3) is 0 Å². The summed E-state index contributed by atoms with van der Waals surface area (Å²) in [5.41, 5.74) is 0.255. The van der Waals surface area contributed by atoms with Crippen molar-refractivity contribution in [3.05, 3.63) is 28.0 Å². The molecule has 5 nitrogen and oxygen atoms in total. The second-order valence-corrected chi connectivity index (χ2v) is 6.85. The molecule has 1 atom stereocenters. The van der Waals surface area contributed by atoms with Crippen LogP contribution in [0.3, 0.4) is 0 Å². The minimum atomic E-state index is -0.140. The standard InChI is InChI=1S/C16H20Cl2N2O3/c1-2-22-11-8-16(23-10-11)3-5-20(6-4-16)15(21)12-9-19-14(18)7-13(12)17/h7,9,11H,2-6,8,10H2,1H3. The van der Waals surface area contributed by atoms with E-state index in [4.69, 9.17) is 32.7 Å². The Bertz CT molecular complexity index is 589. The summed E-state index contributed by atoms with van der Waals surface area (Å²) in [7, 11) is 0. The molecular formula is C16H20Cl2N2O3. The van der Waals surface area contributed by atoms with Crippen LogP contribution in [0.5, 0.6) is 0 Å². The van der Waals surface area contributed by atoms with Crippen molar-refractivity contribution in [2.45, 2.75) is 37.9 Å². The number of halogens is 2. The SMILES string of the molecule is CCOC1COC2(CCN(C(=O)c3cnc(Cl)cc3Cl)CC2)C1. The number of hydrogen-bond donors (Lipinski definition) is 0. The van der Waals surface area contributed by atoms with E-state index in [-0.39, 0.29) is 22.8 Å². The lowest BCUT2D eigenvalue weighted by Gasteiger charge is -2.38. The van der Waals surface area contributed by atoms with Crippen LogP contribution >= 0.6 is 23.2 Å². The molecule has 2 aliphatic heterocycles. The first kappa shape index (κ1) is 17.0. The number of carbonyl (C=O) groups is 1. The van der Waals surface area contributed by atoms with E-state index < -0.39 is 0 Å². The van der Waals surface area contributed by atoms with Crippen LogP contribution in [0.2, 0.25) is 10.2 Å². The predicted molar refractivity (Wildman–Crippen MR) is 88.1 cm³/mol. The van der Waals surface area contributed by atoms with Crippen LogP contribution in [0.4, 0.5) is 0 Å². The number of piperidine rings is 1. The lowest BCUT2D eigenvalue weighted by atomic mass is 9.87. The summed E-state index contributed by atoms with van der Waals surface area (Å²) in [6, 6.07) is 1.49.